The van der Waals surface area contributed by atoms with Gasteiger partial charge in [-0.1, -0.05) is 36.4 Å². The van der Waals surface area contributed by atoms with Crippen LogP contribution in [-0.4, -0.2) is 37.3 Å². The molecule has 1 saturated carbocycles. The van der Waals surface area contributed by atoms with E-state index in [9.17, 15) is 19.2 Å². The van der Waals surface area contributed by atoms with Crippen molar-refractivity contribution in [2.45, 2.75) is 25.2 Å². The number of carbonyl (C=O) groups excluding carboxylic acids is 4. The Morgan fingerprint density at radius 1 is 0.838 bits per heavy atom. The first-order valence-electron chi connectivity index (χ1n) is 12.3. The Labute approximate surface area is 215 Å². The molecular weight excluding hydrogens is 470 g/mol. The van der Waals surface area contributed by atoms with Crippen LogP contribution >= 0.6 is 0 Å². The molecule has 0 N–H and O–H groups in total. The number of ketones is 1. The topological polar surface area (TPSA) is 90.0 Å². The van der Waals surface area contributed by atoms with Gasteiger partial charge in [0.2, 0.25) is 11.8 Å². The first kappa shape index (κ1) is 24.4. The molecule has 3 aromatic rings. The van der Waals surface area contributed by atoms with E-state index in [0.717, 1.165) is 6.42 Å². The standard InChI is InChI=1S/C30H27NO6/c1-36-24-13-10-20(11-14-24)27(32)18-37-30(35)22-8-5-9-23(16-22)31-28(33)25-15-12-21(17-26(25)29(31)34)19-6-3-2-4-7-19/h2-11,13-14,16,21,25-26H,12,15,17-18H2,1H3/t21-,25+,26-/m0/s1. The largest absolute Gasteiger partial charge is 0.497 e. The molecule has 7 nitrogen and oxygen atoms in total. The second kappa shape index (κ2) is 10.4. The van der Waals surface area contributed by atoms with Gasteiger partial charge < -0.3 is 9.47 Å². The van der Waals surface area contributed by atoms with Gasteiger partial charge in [0.25, 0.3) is 0 Å². The highest BCUT2D eigenvalue weighted by Crippen LogP contribution is 2.45. The number of hydrogen-bond acceptors (Lipinski definition) is 6. The number of methoxy groups -OCH3 is 1. The SMILES string of the molecule is COc1ccc(C(=O)COC(=O)c2cccc(N3C(=O)[C@H]4C[C@@H](c5ccccc5)CC[C@H]4C3=O)c2)cc1. The minimum atomic E-state index is -0.704. The van der Waals surface area contributed by atoms with E-state index in [0.29, 0.717) is 29.8 Å². The number of carbonyl (C=O) groups is 4. The summed E-state index contributed by atoms with van der Waals surface area (Å²) in [6, 6.07) is 22.8. The van der Waals surface area contributed by atoms with Gasteiger partial charge in [0, 0.05) is 5.56 Å². The number of hydrogen-bond donors (Lipinski definition) is 0. The number of imide groups is 1. The fourth-order valence-electron chi connectivity index (χ4n) is 5.31. The second-order valence-electron chi connectivity index (χ2n) is 9.42. The average Bonchev–Trinajstić information content (AvgIpc) is 3.20. The summed E-state index contributed by atoms with van der Waals surface area (Å²) in [5.74, 6) is -1.36. The maximum Gasteiger partial charge on any atom is 0.338 e. The Hall–Kier alpha value is -4.26. The minimum absolute atomic E-state index is 0.165. The van der Waals surface area contributed by atoms with Crippen molar-refractivity contribution >= 4 is 29.3 Å². The zero-order valence-electron chi connectivity index (χ0n) is 20.5. The van der Waals surface area contributed by atoms with Gasteiger partial charge in [0.05, 0.1) is 30.2 Å². The number of anilines is 1. The quantitative estimate of drug-likeness (QED) is 0.264. The molecule has 1 aliphatic heterocycles. The van der Waals surface area contributed by atoms with Crippen molar-refractivity contribution in [2.24, 2.45) is 11.8 Å². The van der Waals surface area contributed by atoms with Crippen molar-refractivity contribution in [3.05, 3.63) is 95.6 Å². The number of fused-ring (bicyclic) bond motifs is 1. The molecule has 37 heavy (non-hydrogen) atoms. The molecule has 0 radical (unpaired) electrons. The summed E-state index contributed by atoms with van der Waals surface area (Å²) in [6.07, 6.45) is 2.14. The summed E-state index contributed by atoms with van der Waals surface area (Å²) in [6.45, 7) is -0.429. The normalized spacial score (nSPS) is 20.9. The lowest BCUT2D eigenvalue weighted by molar-refractivity contribution is -0.122. The summed E-state index contributed by atoms with van der Waals surface area (Å²) in [7, 11) is 1.53. The lowest BCUT2D eigenvalue weighted by atomic mass is 9.73. The van der Waals surface area contributed by atoms with Crippen molar-refractivity contribution in [1.82, 2.24) is 0 Å². The molecule has 3 atom stereocenters. The maximum atomic E-state index is 13.4. The zero-order valence-corrected chi connectivity index (χ0v) is 20.5. The molecule has 0 spiro atoms. The van der Waals surface area contributed by atoms with Crippen LogP contribution < -0.4 is 9.64 Å². The first-order valence-corrected chi connectivity index (χ1v) is 12.3. The van der Waals surface area contributed by atoms with Gasteiger partial charge in [-0.15, -0.1) is 0 Å². The van der Waals surface area contributed by atoms with E-state index in [1.165, 1.54) is 29.7 Å². The van der Waals surface area contributed by atoms with Gasteiger partial charge in [-0.3, -0.25) is 19.3 Å². The van der Waals surface area contributed by atoms with Crippen LogP contribution in [0.2, 0.25) is 0 Å². The van der Waals surface area contributed by atoms with Crippen LogP contribution in [0.4, 0.5) is 5.69 Å². The van der Waals surface area contributed by atoms with Crippen LogP contribution in [0.15, 0.2) is 78.9 Å². The average molecular weight is 498 g/mol. The fraction of sp³-hybridized carbons (Fsp3) is 0.267. The third-order valence-corrected chi connectivity index (χ3v) is 7.28. The molecule has 3 aromatic carbocycles. The predicted molar refractivity (Wildman–Crippen MR) is 137 cm³/mol. The number of benzene rings is 3. The maximum absolute atomic E-state index is 13.4. The summed E-state index contributed by atoms with van der Waals surface area (Å²) in [5, 5.41) is 0. The monoisotopic (exact) mass is 497 g/mol. The molecule has 0 unspecified atom stereocenters. The number of amides is 2. The van der Waals surface area contributed by atoms with Gasteiger partial charge >= 0.3 is 5.97 Å². The molecule has 1 heterocycles. The van der Waals surface area contributed by atoms with Crippen LogP contribution in [0.1, 0.15) is 51.5 Å². The smallest absolute Gasteiger partial charge is 0.338 e. The van der Waals surface area contributed by atoms with Crippen LogP contribution in [0.3, 0.4) is 0 Å². The van der Waals surface area contributed by atoms with E-state index in [1.54, 1.807) is 36.4 Å². The third kappa shape index (κ3) is 4.89. The lowest BCUT2D eigenvalue weighted by Crippen LogP contribution is -2.31. The fourth-order valence-corrected chi connectivity index (χ4v) is 5.31. The Morgan fingerprint density at radius 2 is 1.57 bits per heavy atom. The molecule has 5 rings (SSSR count). The van der Waals surface area contributed by atoms with Crippen LogP contribution in [-0.2, 0) is 14.3 Å². The van der Waals surface area contributed by atoms with Crippen LogP contribution in [0.5, 0.6) is 5.75 Å². The molecule has 2 aliphatic rings. The molecule has 7 heteroatoms. The lowest BCUT2D eigenvalue weighted by Gasteiger charge is -2.28. The Morgan fingerprint density at radius 3 is 2.30 bits per heavy atom. The number of ether oxygens (including phenoxy) is 2. The van der Waals surface area contributed by atoms with Crippen molar-refractivity contribution in [3.63, 3.8) is 0 Å². The molecule has 2 amide bonds. The molecule has 1 saturated heterocycles. The van der Waals surface area contributed by atoms with Gasteiger partial charge in [0.1, 0.15) is 5.75 Å². The van der Waals surface area contributed by atoms with E-state index in [4.69, 9.17) is 9.47 Å². The number of esters is 1. The van der Waals surface area contributed by atoms with E-state index in [-0.39, 0.29) is 40.9 Å². The van der Waals surface area contributed by atoms with Crippen molar-refractivity contribution in [3.8, 4) is 5.75 Å². The molecule has 0 bridgehead atoms. The van der Waals surface area contributed by atoms with E-state index in [2.05, 4.69) is 12.1 Å². The number of Topliss-reactive ketones (excluding diaryl/α,β-unsaturated/α-hetero) is 1. The van der Waals surface area contributed by atoms with Crippen LogP contribution in [0, 0.1) is 11.8 Å². The van der Waals surface area contributed by atoms with Gasteiger partial charge in [0.15, 0.2) is 12.4 Å². The first-order chi connectivity index (χ1) is 18.0. The number of nitrogens with zero attached hydrogens (tertiary/aromatic N) is 1. The van der Waals surface area contributed by atoms with Gasteiger partial charge in [-0.2, -0.15) is 0 Å². The van der Waals surface area contributed by atoms with Gasteiger partial charge in [-0.05, 0) is 73.2 Å². The number of rotatable bonds is 7. The Balaban J connectivity index is 1.26. The van der Waals surface area contributed by atoms with E-state index >= 15 is 0 Å². The summed E-state index contributed by atoms with van der Waals surface area (Å²) < 4.78 is 10.3. The summed E-state index contributed by atoms with van der Waals surface area (Å²) >= 11 is 0. The molecule has 2 fully saturated rings. The molecule has 0 aromatic heterocycles. The highest BCUT2D eigenvalue weighted by molar-refractivity contribution is 6.22. The van der Waals surface area contributed by atoms with Crippen molar-refractivity contribution < 1.29 is 28.7 Å². The van der Waals surface area contributed by atoms with Crippen molar-refractivity contribution in [2.75, 3.05) is 18.6 Å². The molecule has 188 valence electrons. The second-order valence-corrected chi connectivity index (χ2v) is 9.42. The summed E-state index contributed by atoms with van der Waals surface area (Å²) in [4.78, 5) is 52.9. The van der Waals surface area contributed by atoms with Crippen LogP contribution in [0.25, 0.3) is 0 Å². The molecular formula is C30H27NO6. The highest BCUT2D eigenvalue weighted by Gasteiger charge is 2.50. The zero-order chi connectivity index (χ0) is 25.9. The van der Waals surface area contributed by atoms with Crippen molar-refractivity contribution in [1.29, 1.82) is 0 Å². The predicted octanol–water partition coefficient (Wildman–Crippen LogP) is 4.81. The molecule has 1 aliphatic carbocycles. The Bertz CT molecular complexity index is 1330. The minimum Gasteiger partial charge on any atom is -0.497 e. The third-order valence-electron chi connectivity index (χ3n) is 7.28. The van der Waals surface area contributed by atoms with E-state index < -0.39 is 12.6 Å². The Kier molecular flexibility index (Phi) is 6.86. The summed E-state index contributed by atoms with van der Waals surface area (Å²) in [5.41, 5.74) is 2.09. The van der Waals surface area contributed by atoms with E-state index in [1.807, 2.05) is 18.2 Å². The highest BCUT2D eigenvalue weighted by atomic mass is 16.5. The van der Waals surface area contributed by atoms with Gasteiger partial charge in [-0.25, -0.2) is 4.79 Å².